The van der Waals surface area contributed by atoms with Crippen molar-refractivity contribution in [3.8, 4) is 5.69 Å². The minimum Gasteiger partial charge on any atom is -0.344 e. The molecular formula is C17H25ClN4O2. The van der Waals surface area contributed by atoms with Crippen molar-refractivity contribution in [1.82, 2.24) is 15.1 Å². The van der Waals surface area contributed by atoms with Gasteiger partial charge in [0.1, 0.15) is 5.69 Å². The molecule has 6 nitrogen and oxygen atoms in total. The maximum atomic E-state index is 12.4. The highest BCUT2D eigenvalue weighted by Gasteiger charge is 2.29. The van der Waals surface area contributed by atoms with Gasteiger partial charge in [-0.25, -0.2) is 4.68 Å². The van der Waals surface area contributed by atoms with Crippen molar-refractivity contribution >= 4 is 18.3 Å². The summed E-state index contributed by atoms with van der Waals surface area (Å²) in [5, 5.41) is 5.77. The largest absolute Gasteiger partial charge is 0.344 e. The smallest absolute Gasteiger partial charge is 0.271 e. The number of aromatic nitrogens is 2. The molecule has 0 bridgehead atoms. The van der Waals surface area contributed by atoms with Crippen LogP contribution in [0.1, 0.15) is 36.8 Å². The molecular weight excluding hydrogens is 328 g/mol. The van der Waals surface area contributed by atoms with Crippen LogP contribution in [-0.4, -0.2) is 27.8 Å². The molecule has 0 fully saturated rings. The lowest BCUT2D eigenvalue weighted by atomic mass is 9.88. The van der Waals surface area contributed by atoms with Crippen LogP contribution in [0.25, 0.3) is 5.69 Å². The summed E-state index contributed by atoms with van der Waals surface area (Å²) in [4.78, 5) is 24.6. The molecule has 0 aliphatic rings. The highest BCUT2D eigenvalue weighted by atomic mass is 35.5. The van der Waals surface area contributed by atoms with E-state index in [0.29, 0.717) is 12.2 Å². The number of nitrogens with two attached hydrogens (primary N) is 1. The van der Waals surface area contributed by atoms with E-state index in [1.165, 1.54) is 10.7 Å². The van der Waals surface area contributed by atoms with Crippen LogP contribution in [0, 0.1) is 12.8 Å². The predicted octanol–water partition coefficient (Wildman–Crippen LogP) is 2.00. The Hall–Kier alpha value is -2.05. The lowest BCUT2D eigenvalue weighted by molar-refractivity contribution is 0.0877. The molecule has 1 aromatic heterocycles. The Morgan fingerprint density at radius 3 is 2.42 bits per heavy atom. The summed E-state index contributed by atoms with van der Waals surface area (Å²) in [6, 6.07) is 8.77. The Bertz CT molecular complexity index is 749. The third-order valence-electron chi connectivity index (χ3n) is 4.35. The highest BCUT2D eigenvalue weighted by molar-refractivity contribution is 5.92. The lowest BCUT2D eigenvalue weighted by Crippen LogP contribution is -2.55. The first-order chi connectivity index (χ1) is 10.8. The maximum absolute atomic E-state index is 12.4. The summed E-state index contributed by atoms with van der Waals surface area (Å²) in [6.45, 7) is 8.17. The minimum atomic E-state index is -0.528. The number of hydrogen-bond donors (Lipinski definition) is 3. The summed E-state index contributed by atoms with van der Waals surface area (Å²) in [5.41, 5.74) is 6.98. The van der Waals surface area contributed by atoms with E-state index < -0.39 is 5.54 Å². The van der Waals surface area contributed by atoms with Crippen LogP contribution >= 0.6 is 12.4 Å². The van der Waals surface area contributed by atoms with Crippen LogP contribution in [0.4, 0.5) is 0 Å². The number of carbonyl (C=O) groups excluding carboxylic acids is 1. The minimum absolute atomic E-state index is 0. The topological polar surface area (TPSA) is 92.9 Å². The van der Waals surface area contributed by atoms with Gasteiger partial charge in [-0.2, -0.15) is 0 Å². The molecule has 24 heavy (non-hydrogen) atoms. The van der Waals surface area contributed by atoms with E-state index in [9.17, 15) is 9.59 Å². The second kappa shape index (κ2) is 7.68. The zero-order valence-electron chi connectivity index (χ0n) is 14.4. The Balaban J connectivity index is 0.00000288. The molecule has 0 saturated carbocycles. The van der Waals surface area contributed by atoms with Gasteiger partial charge in [-0.3, -0.25) is 14.7 Å². The van der Waals surface area contributed by atoms with Crippen LogP contribution < -0.4 is 16.6 Å². The Labute approximate surface area is 147 Å². The van der Waals surface area contributed by atoms with Gasteiger partial charge in [0.15, 0.2) is 0 Å². The molecule has 0 spiro atoms. The third-order valence-corrected chi connectivity index (χ3v) is 4.35. The summed E-state index contributed by atoms with van der Waals surface area (Å²) >= 11 is 0. The molecule has 1 unspecified atom stereocenters. The van der Waals surface area contributed by atoms with Gasteiger partial charge < -0.3 is 11.1 Å². The van der Waals surface area contributed by atoms with Crippen LogP contribution in [0.15, 0.2) is 35.1 Å². The zero-order chi connectivity index (χ0) is 17.2. The van der Waals surface area contributed by atoms with Gasteiger partial charge >= 0.3 is 0 Å². The second-order valence-electron chi connectivity index (χ2n) is 6.41. The number of carbonyl (C=O) groups is 1. The van der Waals surface area contributed by atoms with Crippen LogP contribution in [0.3, 0.4) is 0 Å². The molecule has 1 heterocycles. The van der Waals surface area contributed by atoms with Gasteiger partial charge in [-0.1, -0.05) is 31.5 Å². The molecule has 7 heteroatoms. The summed E-state index contributed by atoms with van der Waals surface area (Å²) in [6.07, 6.45) is 0. The number of nitrogens with one attached hydrogen (secondary N) is 2. The number of hydrogen-bond acceptors (Lipinski definition) is 3. The molecule has 0 radical (unpaired) electrons. The third kappa shape index (κ3) is 4.07. The Morgan fingerprint density at radius 2 is 1.92 bits per heavy atom. The van der Waals surface area contributed by atoms with Gasteiger partial charge in [-0.15, -0.1) is 12.4 Å². The van der Waals surface area contributed by atoms with Crippen molar-refractivity contribution in [3.05, 3.63) is 51.9 Å². The van der Waals surface area contributed by atoms with Crippen molar-refractivity contribution in [3.63, 3.8) is 0 Å². The Morgan fingerprint density at radius 1 is 1.33 bits per heavy atom. The number of amides is 1. The van der Waals surface area contributed by atoms with E-state index in [1.807, 2.05) is 52.0 Å². The number of nitrogens with zero attached hydrogens (tertiary/aromatic N) is 1. The first-order valence-corrected chi connectivity index (χ1v) is 7.68. The van der Waals surface area contributed by atoms with E-state index in [4.69, 9.17) is 5.73 Å². The molecule has 132 valence electrons. The molecule has 1 amide bonds. The standard InChI is InChI=1S/C17H24N4O2.ClH/c1-11(2)17(4,10-18)19-16(23)14-9-15(22)21(20-14)13-7-5-12(3)6-8-13;/h5-9,11,20H,10,18H2,1-4H3,(H,19,23);1H. The van der Waals surface area contributed by atoms with Crippen molar-refractivity contribution < 1.29 is 4.79 Å². The SMILES string of the molecule is Cc1ccc(-n2[nH]c(C(=O)NC(C)(CN)C(C)C)cc2=O)cc1.Cl. The fourth-order valence-electron chi connectivity index (χ4n) is 2.16. The fourth-order valence-corrected chi connectivity index (χ4v) is 2.16. The molecule has 0 aliphatic carbocycles. The molecule has 1 aromatic carbocycles. The number of benzene rings is 1. The predicted molar refractivity (Wildman–Crippen MR) is 98.1 cm³/mol. The number of aromatic amines is 1. The summed E-state index contributed by atoms with van der Waals surface area (Å²) in [7, 11) is 0. The van der Waals surface area contributed by atoms with Crippen LogP contribution in [0.5, 0.6) is 0 Å². The molecule has 0 saturated heterocycles. The van der Waals surface area contributed by atoms with E-state index in [0.717, 1.165) is 5.56 Å². The van der Waals surface area contributed by atoms with Gasteiger partial charge in [0, 0.05) is 12.6 Å². The van der Waals surface area contributed by atoms with Gasteiger partial charge in [-0.05, 0) is 31.9 Å². The number of aryl methyl sites for hydroxylation is 1. The van der Waals surface area contributed by atoms with Crippen LogP contribution in [0.2, 0.25) is 0 Å². The highest BCUT2D eigenvalue weighted by Crippen LogP contribution is 2.15. The van der Waals surface area contributed by atoms with E-state index in [1.54, 1.807) is 0 Å². The molecule has 0 aliphatic heterocycles. The van der Waals surface area contributed by atoms with E-state index in [2.05, 4.69) is 10.4 Å². The van der Waals surface area contributed by atoms with E-state index in [-0.39, 0.29) is 35.5 Å². The first kappa shape index (κ1) is 20.0. The number of rotatable bonds is 5. The van der Waals surface area contributed by atoms with Gasteiger partial charge in [0.05, 0.1) is 11.2 Å². The number of H-pyrrole nitrogens is 1. The molecule has 2 rings (SSSR count). The molecule has 4 N–H and O–H groups in total. The molecule has 1 atom stereocenters. The van der Waals surface area contributed by atoms with Gasteiger partial charge in [0.25, 0.3) is 11.5 Å². The Kier molecular flexibility index (Phi) is 6.40. The average molecular weight is 353 g/mol. The molecule has 2 aromatic rings. The summed E-state index contributed by atoms with van der Waals surface area (Å²) in [5.74, 6) is -0.169. The van der Waals surface area contributed by atoms with Gasteiger partial charge in [0.2, 0.25) is 0 Å². The average Bonchev–Trinajstić information content (AvgIpc) is 2.90. The van der Waals surface area contributed by atoms with Crippen molar-refractivity contribution in [2.75, 3.05) is 6.54 Å². The normalized spacial score (nSPS) is 13.2. The lowest BCUT2D eigenvalue weighted by Gasteiger charge is -2.33. The second-order valence-corrected chi connectivity index (χ2v) is 6.41. The van der Waals surface area contributed by atoms with Crippen LogP contribution in [-0.2, 0) is 0 Å². The first-order valence-electron chi connectivity index (χ1n) is 7.68. The van der Waals surface area contributed by atoms with Crippen molar-refractivity contribution in [1.29, 1.82) is 0 Å². The maximum Gasteiger partial charge on any atom is 0.271 e. The quantitative estimate of drug-likeness (QED) is 0.768. The van der Waals surface area contributed by atoms with Crippen molar-refractivity contribution in [2.24, 2.45) is 11.7 Å². The fraction of sp³-hybridized carbons (Fsp3) is 0.412. The zero-order valence-corrected chi connectivity index (χ0v) is 15.2. The number of halogens is 1. The van der Waals surface area contributed by atoms with E-state index >= 15 is 0 Å². The monoisotopic (exact) mass is 352 g/mol. The van der Waals surface area contributed by atoms with Crippen molar-refractivity contribution in [2.45, 2.75) is 33.2 Å². The summed E-state index contributed by atoms with van der Waals surface area (Å²) < 4.78 is 1.35.